The van der Waals surface area contributed by atoms with E-state index >= 15 is 0 Å². The molecule has 2 rings (SSSR count). The molecule has 1 aliphatic carbocycles. The van der Waals surface area contributed by atoms with E-state index in [-0.39, 0.29) is 11.9 Å². The number of hydrogen-bond donors (Lipinski definition) is 1. The van der Waals surface area contributed by atoms with Crippen LogP contribution in [0.15, 0.2) is 11.6 Å². The molecule has 1 N–H and O–H groups in total. The molecule has 0 atom stereocenters. The first-order valence-corrected chi connectivity index (χ1v) is 6.88. The maximum Gasteiger partial charge on any atom is 0.308 e. The molecule has 0 aromatic carbocycles. The lowest BCUT2D eigenvalue weighted by atomic mass is 9.82. The Morgan fingerprint density at radius 1 is 1.53 bits per heavy atom. The number of thiazole rings is 1. The Hall–Kier alpha value is -1.10. The van der Waals surface area contributed by atoms with Crippen LogP contribution >= 0.6 is 11.3 Å². The Morgan fingerprint density at radius 3 is 2.88 bits per heavy atom. The fourth-order valence-corrected chi connectivity index (χ4v) is 2.85. The van der Waals surface area contributed by atoms with E-state index in [1.165, 1.54) is 7.11 Å². The summed E-state index contributed by atoms with van der Waals surface area (Å²) in [5, 5.41) is 6.30. The second kappa shape index (κ2) is 6.00. The summed E-state index contributed by atoms with van der Waals surface area (Å²) >= 11 is 1.62. The lowest BCUT2D eigenvalue weighted by molar-refractivity contribution is -0.146. The summed E-state index contributed by atoms with van der Waals surface area (Å²) in [4.78, 5) is 15.6. The van der Waals surface area contributed by atoms with Gasteiger partial charge in [0.2, 0.25) is 0 Å². The summed E-state index contributed by atoms with van der Waals surface area (Å²) in [7, 11) is 1.47. The van der Waals surface area contributed by atoms with Gasteiger partial charge < -0.3 is 10.1 Å². The molecular formula is C12H18N2O2S. The number of rotatable bonds is 4. The van der Waals surface area contributed by atoms with Crippen LogP contribution in [0.3, 0.4) is 0 Å². The number of ether oxygens (including phenoxy) is 1. The molecule has 0 aliphatic heterocycles. The molecule has 0 spiro atoms. The fraction of sp³-hybridized carbons (Fsp3) is 0.667. The van der Waals surface area contributed by atoms with Gasteiger partial charge in [-0.1, -0.05) is 0 Å². The van der Waals surface area contributed by atoms with Crippen LogP contribution in [0, 0.1) is 11.8 Å². The number of nitrogens with one attached hydrogen (secondary N) is 1. The molecule has 94 valence electrons. The molecule has 0 saturated heterocycles. The summed E-state index contributed by atoms with van der Waals surface area (Å²) in [5.41, 5.74) is 0. The van der Waals surface area contributed by atoms with Crippen LogP contribution < -0.4 is 5.32 Å². The van der Waals surface area contributed by atoms with Crippen molar-refractivity contribution in [3.05, 3.63) is 11.6 Å². The van der Waals surface area contributed by atoms with Crippen LogP contribution in [-0.4, -0.2) is 24.6 Å². The van der Waals surface area contributed by atoms with Gasteiger partial charge in [-0.05, 0) is 31.6 Å². The highest BCUT2D eigenvalue weighted by atomic mass is 32.1. The number of carbonyl (C=O) groups is 1. The third-order valence-electron chi connectivity index (χ3n) is 3.36. The number of nitrogens with zero attached hydrogens (tertiary/aromatic N) is 1. The van der Waals surface area contributed by atoms with E-state index in [1.807, 2.05) is 5.38 Å². The summed E-state index contributed by atoms with van der Waals surface area (Å²) in [5.74, 6) is 0.729. The first-order valence-electron chi connectivity index (χ1n) is 6.00. The maximum atomic E-state index is 11.4. The average molecular weight is 254 g/mol. The molecule has 4 nitrogen and oxygen atoms in total. The normalized spacial score (nSPS) is 24.3. The number of esters is 1. The second-order valence-corrected chi connectivity index (χ2v) is 5.35. The van der Waals surface area contributed by atoms with Crippen LogP contribution in [0.5, 0.6) is 0 Å². The number of aromatic nitrogens is 1. The van der Waals surface area contributed by atoms with Crippen molar-refractivity contribution in [3.63, 3.8) is 0 Å². The number of carbonyl (C=O) groups excluding carboxylic acids is 1. The molecule has 1 aliphatic rings. The second-order valence-electron chi connectivity index (χ2n) is 4.46. The zero-order valence-electron chi connectivity index (χ0n) is 10.0. The van der Waals surface area contributed by atoms with Crippen LogP contribution in [-0.2, 0) is 9.53 Å². The third-order valence-corrected chi connectivity index (χ3v) is 4.09. The Balaban J connectivity index is 1.70. The molecule has 0 amide bonds. The topological polar surface area (TPSA) is 51.2 Å². The van der Waals surface area contributed by atoms with Gasteiger partial charge in [-0.15, -0.1) is 11.3 Å². The molecule has 1 aromatic rings. The Morgan fingerprint density at radius 2 is 2.29 bits per heavy atom. The van der Waals surface area contributed by atoms with E-state index in [0.29, 0.717) is 5.92 Å². The predicted octanol–water partition coefficient (Wildman–Crippen LogP) is 2.53. The van der Waals surface area contributed by atoms with Gasteiger partial charge in [-0.2, -0.15) is 0 Å². The summed E-state index contributed by atoms with van der Waals surface area (Å²) < 4.78 is 4.78. The predicted molar refractivity (Wildman–Crippen MR) is 68.1 cm³/mol. The Kier molecular flexibility index (Phi) is 4.36. The molecule has 1 saturated carbocycles. The highest BCUT2D eigenvalue weighted by molar-refractivity contribution is 7.13. The molecule has 0 unspecified atom stereocenters. The van der Waals surface area contributed by atoms with Crippen LogP contribution in [0.2, 0.25) is 0 Å². The average Bonchev–Trinajstić information content (AvgIpc) is 2.89. The zero-order chi connectivity index (χ0) is 12.1. The maximum absolute atomic E-state index is 11.4. The van der Waals surface area contributed by atoms with Gasteiger partial charge in [-0.25, -0.2) is 4.98 Å². The summed E-state index contributed by atoms with van der Waals surface area (Å²) in [6.07, 6.45) is 5.91. The van der Waals surface area contributed by atoms with Gasteiger partial charge in [0.05, 0.1) is 13.0 Å². The van der Waals surface area contributed by atoms with Crippen molar-refractivity contribution in [1.29, 1.82) is 0 Å². The van der Waals surface area contributed by atoms with Crippen molar-refractivity contribution in [3.8, 4) is 0 Å². The number of methoxy groups -OCH3 is 1. The zero-order valence-corrected chi connectivity index (χ0v) is 10.8. The highest BCUT2D eigenvalue weighted by Crippen LogP contribution is 2.29. The fourth-order valence-electron chi connectivity index (χ4n) is 2.31. The lowest BCUT2D eigenvalue weighted by Crippen LogP contribution is -2.26. The smallest absolute Gasteiger partial charge is 0.308 e. The molecule has 1 fully saturated rings. The van der Waals surface area contributed by atoms with E-state index in [0.717, 1.165) is 37.4 Å². The quantitative estimate of drug-likeness (QED) is 0.839. The van der Waals surface area contributed by atoms with Crippen LogP contribution in [0.25, 0.3) is 0 Å². The van der Waals surface area contributed by atoms with Crippen molar-refractivity contribution in [2.45, 2.75) is 25.7 Å². The molecule has 17 heavy (non-hydrogen) atoms. The van der Waals surface area contributed by atoms with Gasteiger partial charge in [0.1, 0.15) is 0 Å². The summed E-state index contributed by atoms with van der Waals surface area (Å²) in [6.45, 7) is 0.960. The van der Waals surface area contributed by atoms with Crippen molar-refractivity contribution < 1.29 is 9.53 Å². The van der Waals surface area contributed by atoms with Crippen LogP contribution in [0.4, 0.5) is 5.13 Å². The molecule has 1 heterocycles. The first-order chi connectivity index (χ1) is 8.29. The van der Waals surface area contributed by atoms with Gasteiger partial charge in [-0.3, -0.25) is 4.79 Å². The Bertz CT molecular complexity index is 345. The van der Waals surface area contributed by atoms with Crippen molar-refractivity contribution >= 4 is 22.4 Å². The SMILES string of the molecule is COC(=O)C1CCC(CNc2nccs2)CC1. The van der Waals surface area contributed by atoms with Gasteiger partial charge in [0.15, 0.2) is 5.13 Å². The highest BCUT2D eigenvalue weighted by Gasteiger charge is 2.26. The van der Waals surface area contributed by atoms with Gasteiger partial charge >= 0.3 is 5.97 Å². The minimum Gasteiger partial charge on any atom is -0.469 e. The van der Waals surface area contributed by atoms with E-state index < -0.39 is 0 Å². The van der Waals surface area contributed by atoms with E-state index in [1.54, 1.807) is 17.5 Å². The lowest BCUT2D eigenvalue weighted by Gasteiger charge is -2.26. The van der Waals surface area contributed by atoms with Crippen molar-refractivity contribution in [2.24, 2.45) is 11.8 Å². The standard InChI is InChI=1S/C12H18N2O2S/c1-16-11(15)10-4-2-9(3-5-10)8-14-12-13-6-7-17-12/h6-7,9-10H,2-5,8H2,1H3,(H,13,14). The third kappa shape index (κ3) is 3.43. The molecule has 0 radical (unpaired) electrons. The van der Waals surface area contributed by atoms with Crippen molar-refractivity contribution in [1.82, 2.24) is 4.98 Å². The number of anilines is 1. The molecular weight excluding hydrogens is 236 g/mol. The first kappa shape index (κ1) is 12.4. The largest absolute Gasteiger partial charge is 0.469 e. The summed E-state index contributed by atoms with van der Waals surface area (Å²) in [6, 6.07) is 0. The van der Waals surface area contributed by atoms with Crippen LogP contribution in [0.1, 0.15) is 25.7 Å². The molecule has 5 heteroatoms. The van der Waals surface area contributed by atoms with Crippen molar-refractivity contribution in [2.75, 3.05) is 19.0 Å². The van der Waals surface area contributed by atoms with Gasteiger partial charge in [0.25, 0.3) is 0 Å². The van der Waals surface area contributed by atoms with Gasteiger partial charge in [0, 0.05) is 18.1 Å². The molecule has 0 bridgehead atoms. The number of hydrogen-bond acceptors (Lipinski definition) is 5. The minimum atomic E-state index is -0.0451. The minimum absolute atomic E-state index is 0.0451. The monoisotopic (exact) mass is 254 g/mol. The van der Waals surface area contributed by atoms with E-state index in [4.69, 9.17) is 4.74 Å². The van der Waals surface area contributed by atoms with E-state index in [9.17, 15) is 4.79 Å². The van der Waals surface area contributed by atoms with E-state index in [2.05, 4.69) is 10.3 Å². The molecule has 1 aromatic heterocycles. The Labute approximate surface area is 105 Å².